The number of para-hydroxylation sites is 1. The van der Waals surface area contributed by atoms with Crippen LogP contribution >= 0.6 is 0 Å². The van der Waals surface area contributed by atoms with Crippen LogP contribution in [0, 0.1) is 5.92 Å². The largest absolute Gasteiger partial charge is 0.444 e. The molecule has 0 radical (unpaired) electrons. The van der Waals surface area contributed by atoms with Crippen molar-refractivity contribution in [2.24, 2.45) is 5.92 Å². The van der Waals surface area contributed by atoms with Gasteiger partial charge in [0.1, 0.15) is 11.1 Å². The van der Waals surface area contributed by atoms with E-state index in [1.807, 2.05) is 39.0 Å². The molecule has 0 aliphatic heterocycles. The fourth-order valence-electron chi connectivity index (χ4n) is 4.68. The second-order valence-electron chi connectivity index (χ2n) is 11.2. The zero-order chi connectivity index (χ0) is 26.2. The number of amides is 1. The van der Waals surface area contributed by atoms with Gasteiger partial charge in [-0.2, -0.15) is 5.10 Å². The summed E-state index contributed by atoms with van der Waals surface area (Å²) in [6, 6.07) is 6.02. The van der Waals surface area contributed by atoms with Crippen LogP contribution in [-0.2, 0) is 4.74 Å². The Morgan fingerprint density at radius 2 is 2.05 bits per heavy atom. The first kappa shape index (κ1) is 25.4. The Morgan fingerprint density at radius 3 is 2.76 bits per heavy atom. The van der Waals surface area contributed by atoms with E-state index >= 15 is 0 Å². The molecule has 1 atom stereocenters. The molecule has 2 aliphatic carbocycles. The number of fused-ring (bicyclic) bond motifs is 1. The molecule has 37 heavy (non-hydrogen) atoms. The van der Waals surface area contributed by atoms with Crippen LogP contribution < -0.4 is 10.6 Å². The molecule has 2 aliphatic rings. The van der Waals surface area contributed by atoms with Crippen molar-refractivity contribution >= 4 is 22.8 Å². The lowest BCUT2D eigenvalue weighted by Crippen LogP contribution is -2.39. The lowest BCUT2D eigenvalue weighted by molar-refractivity contribution is 0.0498. The number of hydrogen-bond acceptors (Lipinski definition) is 8. The average Bonchev–Trinajstić information content (AvgIpc) is 3.58. The number of aliphatic hydroxyl groups excluding tert-OH is 2. The van der Waals surface area contributed by atoms with E-state index in [4.69, 9.17) is 24.9 Å². The second-order valence-corrected chi connectivity index (χ2v) is 11.2. The van der Waals surface area contributed by atoms with Crippen LogP contribution in [0.2, 0.25) is 0 Å². The molecule has 1 aromatic carbocycles. The van der Waals surface area contributed by atoms with E-state index in [0.29, 0.717) is 24.4 Å². The number of carbonyl (C=O) groups excluding carboxylic acids is 1. The Morgan fingerprint density at radius 1 is 1.27 bits per heavy atom. The summed E-state index contributed by atoms with van der Waals surface area (Å²) in [7, 11) is 0. The standard InChI is InChI=1S/C27H36N6O4/c1-27(2,3)37-26(36)30-11-16-9-18(10-16)33-14-20(24(32-33)17-7-8-17)23-13-29-25-21(28-12-19(35)15-34)5-4-6-22(25)31-23/h4-6,13-14,16-19,28,34-35H,7-12,15H2,1-3H3,(H,30,36). The fraction of sp³-hybridized carbons (Fsp3) is 0.556. The third-order valence-corrected chi connectivity index (χ3v) is 6.83. The van der Waals surface area contributed by atoms with Gasteiger partial charge in [-0.15, -0.1) is 0 Å². The average molecular weight is 509 g/mol. The number of ether oxygens (including phenoxy) is 1. The van der Waals surface area contributed by atoms with E-state index < -0.39 is 11.7 Å². The quantitative estimate of drug-likeness (QED) is 0.344. The highest BCUT2D eigenvalue weighted by Crippen LogP contribution is 2.45. The molecule has 0 bridgehead atoms. The van der Waals surface area contributed by atoms with Crippen LogP contribution in [0.25, 0.3) is 22.3 Å². The van der Waals surface area contributed by atoms with Crippen LogP contribution in [0.1, 0.15) is 64.1 Å². The van der Waals surface area contributed by atoms with Crippen LogP contribution in [0.4, 0.5) is 10.5 Å². The van der Waals surface area contributed by atoms with E-state index in [1.54, 1.807) is 6.20 Å². The Bertz CT molecular complexity index is 1260. The number of nitrogens with one attached hydrogen (secondary N) is 2. The molecule has 4 N–H and O–H groups in total. The zero-order valence-corrected chi connectivity index (χ0v) is 21.6. The van der Waals surface area contributed by atoms with Gasteiger partial charge in [0.25, 0.3) is 0 Å². The van der Waals surface area contributed by atoms with Gasteiger partial charge in [-0.05, 0) is 64.5 Å². The molecule has 0 spiro atoms. The van der Waals surface area contributed by atoms with Gasteiger partial charge in [0, 0.05) is 30.8 Å². The zero-order valence-electron chi connectivity index (χ0n) is 21.6. The SMILES string of the molecule is CC(C)(C)OC(=O)NCC1CC(n2cc(-c3cnc4c(NCC(O)CO)cccc4n3)c(C3CC3)n2)C1. The minimum absolute atomic E-state index is 0.229. The molecule has 3 aromatic rings. The molecule has 1 unspecified atom stereocenters. The van der Waals surface area contributed by atoms with Crippen molar-refractivity contribution in [2.75, 3.05) is 25.0 Å². The van der Waals surface area contributed by atoms with E-state index in [2.05, 4.69) is 21.5 Å². The minimum Gasteiger partial charge on any atom is -0.444 e. The molecule has 2 aromatic heterocycles. The predicted octanol–water partition coefficient (Wildman–Crippen LogP) is 3.61. The summed E-state index contributed by atoms with van der Waals surface area (Å²) in [6.07, 6.45) is 6.87. The summed E-state index contributed by atoms with van der Waals surface area (Å²) in [4.78, 5) is 21.5. The highest BCUT2D eigenvalue weighted by molar-refractivity contribution is 5.88. The van der Waals surface area contributed by atoms with Gasteiger partial charge in [-0.1, -0.05) is 6.07 Å². The molecule has 2 saturated carbocycles. The number of nitrogens with zero attached hydrogens (tertiary/aromatic N) is 4. The highest BCUT2D eigenvalue weighted by Gasteiger charge is 2.35. The van der Waals surface area contributed by atoms with Crippen molar-refractivity contribution in [3.8, 4) is 11.3 Å². The summed E-state index contributed by atoms with van der Waals surface area (Å²) in [5.74, 6) is 0.872. The summed E-state index contributed by atoms with van der Waals surface area (Å²) < 4.78 is 7.41. The topological polar surface area (TPSA) is 134 Å². The molecular formula is C27H36N6O4. The lowest BCUT2D eigenvalue weighted by atomic mass is 9.80. The predicted molar refractivity (Wildman–Crippen MR) is 140 cm³/mol. The van der Waals surface area contributed by atoms with Crippen molar-refractivity contribution in [1.29, 1.82) is 0 Å². The van der Waals surface area contributed by atoms with Crippen LogP contribution in [0.5, 0.6) is 0 Å². The van der Waals surface area contributed by atoms with Gasteiger partial charge in [-0.25, -0.2) is 9.78 Å². The molecule has 2 fully saturated rings. The van der Waals surface area contributed by atoms with E-state index in [1.165, 1.54) is 0 Å². The Hall–Kier alpha value is -3.24. The number of rotatable bonds is 9. The van der Waals surface area contributed by atoms with Crippen LogP contribution in [-0.4, -0.2) is 67.5 Å². The Labute approximate surface area is 216 Å². The van der Waals surface area contributed by atoms with Gasteiger partial charge < -0.3 is 25.6 Å². The third-order valence-electron chi connectivity index (χ3n) is 6.83. The molecule has 198 valence electrons. The summed E-state index contributed by atoms with van der Waals surface area (Å²) in [5.41, 5.74) is 4.66. The number of alkyl carbamates (subject to hydrolysis) is 1. The molecule has 10 heteroatoms. The van der Waals surface area contributed by atoms with Gasteiger partial charge >= 0.3 is 6.09 Å². The Kier molecular flexibility index (Phi) is 7.04. The third kappa shape index (κ3) is 6.02. The normalized spacial score (nSPS) is 20.4. The van der Waals surface area contributed by atoms with Crippen LogP contribution in [0.3, 0.4) is 0 Å². The van der Waals surface area contributed by atoms with Crippen molar-refractivity contribution in [3.63, 3.8) is 0 Å². The fourth-order valence-corrected chi connectivity index (χ4v) is 4.68. The second kappa shape index (κ2) is 10.3. The molecule has 0 saturated heterocycles. The van der Waals surface area contributed by atoms with Crippen molar-refractivity contribution < 1.29 is 19.7 Å². The molecular weight excluding hydrogens is 472 g/mol. The number of carbonyl (C=O) groups is 1. The summed E-state index contributed by atoms with van der Waals surface area (Å²) >= 11 is 0. The minimum atomic E-state index is -0.839. The van der Waals surface area contributed by atoms with Crippen molar-refractivity contribution in [1.82, 2.24) is 25.1 Å². The van der Waals surface area contributed by atoms with Gasteiger partial charge in [-0.3, -0.25) is 9.67 Å². The van der Waals surface area contributed by atoms with Crippen molar-refractivity contribution in [3.05, 3.63) is 36.3 Å². The van der Waals surface area contributed by atoms with E-state index in [9.17, 15) is 9.90 Å². The molecule has 2 heterocycles. The van der Waals surface area contributed by atoms with Gasteiger partial charge in [0.15, 0.2) is 0 Å². The van der Waals surface area contributed by atoms with Gasteiger partial charge in [0.2, 0.25) is 0 Å². The smallest absolute Gasteiger partial charge is 0.407 e. The van der Waals surface area contributed by atoms with Crippen molar-refractivity contribution in [2.45, 2.75) is 70.1 Å². The maximum absolute atomic E-state index is 11.9. The number of anilines is 1. The number of hydrogen-bond donors (Lipinski definition) is 4. The number of aliphatic hydroxyl groups is 2. The molecule has 1 amide bonds. The molecule has 5 rings (SSSR count). The number of aromatic nitrogens is 4. The lowest BCUT2D eigenvalue weighted by Gasteiger charge is -2.35. The Balaban J connectivity index is 1.28. The first-order chi connectivity index (χ1) is 17.7. The molecule has 10 nitrogen and oxygen atoms in total. The maximum Gasteiger partial charge on any atom is 0.407 e. The maximum atomic E-state index is 11.9. The number of benzene rings is 1. The van der Waals surface area contributed by atoms with E-state index in [-0.39, 0.29) is 19.2 Å². The highest BCUT2D eigenvalue weighted by atomic mass is 16.6. The van der Waals surface area contributed by atoms with E-state index in [0.717, 1.165) is 59.4 Å². The monoisotopic (exact) mass is 508 g/mol. The summed E-state index contributed by atoms with van der Waals surface area (Å²) in [5, 5.41) is 29.8. The first-order valence-corrected chi connectivity index (χ1v) is 13.0. The summed E-state index contributed by atoms with van der Waals surface area (Å²) in [6.45, 7) is 6.12. The van der Waals surface area contributed by atoms with Gasteiger partial charge in [0.05, 0.1) is 47.5 Å². The van der Waals surface area contributed by atoms with Crippen LogP contribution in [0.15, 0.2) is 30.6 Å². The first-order valence-electron chi connectivity index (χ1n) is 13.0.